The topological polar surface area (TPSA) is 64.3 Å². The molecule has 16 heavy (non-hydrogen) atoms. The molecule has 0 bridgehead atoms. The van der Waals surface area contributed by atoms with Gasteiger partial charge < -0.3 is 10.2 Å². The van der Waals surface area contributed by atoms with Crippen LogP contribution >= 0.6 is 0 Å². The van der Waals surface area contributed by atoms with Gasteiger partial charge in [-0.05, 0) is 19.1 Å². The Balaban J connectivity index is 3.06. The highest BCUT2D eigenvalue weighted by molar-refractivity contribution is 5.95. The monoisotopic (exact) mass is 230 g/mol. The van der Waals surface area contributed by atoms with Crippen LogP contribution in [0.15, 0.2) is 18.2 Å². The molecule has 0 saturated heterocycles. The van der Waals surface area contributed by atoms with Gasteiger partial charge in [0.25, 0.3) is 6.43 Å². The number of hydrogen-bond acceptors (Lipinski definition) is 4. The highest BCUT2D eigenvalue weighted by Gasteiger charge is 2.15. The molecule has 0 fully saturated rings. The predicted molar refractivity (Wildman–Crippen MR) is 55.2 cm³/mol. The number of halogens is 2. The summed E-state index contributed by atoms with van der Waals surface area (Å²) in [6.45, 7) is 1.86. The molecule has 0 aliphatic carbocycles. The summed E-state index contributed by atoms with van der Waals surface area (Å²) in [4.78, 5) is 11.4. The number of ether oxygens (including phenoxy) is 1. The fourth-order valence-electron chi connectivity index (χ4n) is 1.20. The zero-order valence-corrected chi connectivity index (χ0v) is 8.67. The molecular weight excluding hydrogens is 218 g/mol. The van der Waals surface area contributed by atoms with Crippen LogP contribution in [-0.2, 0) is 4.74 Å². The van der Waals surface area contributed by atoms with Gasteiger partial charge >= 0.3 is 5.97 Å². The summed E-state index contributed by atoms with van der Waals surface area (Å²) >= 11 is 0. The molecule has 0 unspecified atom stereocenters. The molecule has 6 heteroatoms. The summed E-state index contributed by atoms with van der Waals surface area (Å²) in [6, 6.07) is 3.54. The van der Waals surface area contributed by atoms with Crippen LogP contribution in [0, 0.1) is 0 Å². The second-order valence-corrected chi connectivity index (χ2v) is 2.97. The number of carbonyl (C=O) groups excluding carboxylic acids is 1. The van der Waals surface area contributed by atoms with Gasteiger partial charge in [0.2, 0.25) is 0 Å². The van der Waals surface area contributed by atoms with Gasteiger partial charge in [0.1, 0.15) is 0 Å². The van der Waals surface area contributed by atoms with Gasteiger partial charge in [-0.2, -0.15) is 0 Å². The van der Waals surface area contributed by atoms with Gasteiger partial charge in [0.15, 0.2) is 0 Å². The highest BCUT2D eigenvalue weighted by atomic mass is 19.3. The average molecular weight is 230 g/mol. The Labute approximate surface area is 91.4 Å². The van der Waals surface area contributed by atoms with Crippen LogP contribution in [0.5, 0.6) is 0 Å². The summed E-state index contributed by atoms with van der Waals surface area (Å²) in [5.74, 6) is 4.55. The van der Waals surface area contributed by atoms with E-state index in [-0.39, 0.29) is 23.4 Å². The van der Waals surface area contributed by atoms with Gasteiger partial charge in [-0.3, -0.25) is 5.84 Å². The lowest BCUT2D eigenvalue weighted by molar-refractivity contribution is 0.0527. The zero-order valence-electron chi connectivity index (χ0n) is 8.67. The molecular formula is C10H12F2N2O2. The maximum absolute atomic E-state index is 12.4. The molecule has 0 saturated carbocycles. The fourth-order valence-corrected chi connectivity index (χ4v) is 1.20. The molecule has 0 spiro atoms. The van der Waals surface area contributed by atoms with Crippen molar-refractivity contribution < 1.29 is 18.3 Å². The van der Waals surface area contributed by atoms with Crippen LogP contribution in [0.25, 0.3) is 0 Å². The van der Waals surface area contributed by atoms with E-state index in [0.717, 1.165) is 12.1 Å². The summed E-state index contributed by atoms with van der Waals surface area (Å²) in [5.41, 5.74) is 2.24. The summed E-state index contributed by atoms with van der Waals surface area (Å²) in [7, 11) is 0. The number of nitrogens with two attached hydrogens (primary N) is 1. The third kappa shape index (κ3) is 2.66. The molecule has 0 amide bonds. The molecule has 0 aliphatic rings. The fraction of sp³-hybridized carbons (Fsp3) is 0.300. The number of nitrogens with one attached hydrogen (secondary N) is 1. The van der Waals surface area contributed by atoms with Crippen molar-refractivity contribution in [1.29, 1.82) is 0 Å². The van der Waals surface area contributed by atoms with Crippen LogP contribution in [0.2, 0.25) is 0 Å². The van der Waals surface area contributed by atoms with E-state index in [1.807, 2.05) is 0 Å². The van der Waals surface area contributed by atoms with Crippen molar-refractivity contribution >= 4 is 11.7 Å². The lowest BCUT2D eigenvalue weighted by atomic mass is 10.1. The Morgan fingerprint density at radius 1 is 1.56 bits per heavy atom. The Hall–Kier alpha value is -1.69. The molecule has 0 radical (unpaired) electrons. The van der Waals surface area contributed by atoms with Crippen LogP contribution in [-0.4, -0.2) is 12.6 Å². The molecule has 1 rings (SSSR count). The van der Waals surface area contributed by atoms with E-state index >= 15 is 0 Å². The normalized spacial score (nSPS) is 10.3. The largest absolute Gasteiger partial charge is 0.462 e. The highest BCUT2D eigenvalue weighted by Crippen LogP contribution is 2.25. The van der Waals surface area contributed by atoms with Crippen LogP contribution < -0.4 is 11.3 Å². The van der Waals surface area contributed by atoms with E-state index in [1.165, 1.54) is 6.07 Å². The molecule has 0 heterocycles. The number of alkyl halides is 2. The number of carbonyl (C=O) groups is 1. The molecule has 4 nitrogen and oxygen atoms in total. The quantitative estimate of drug-likeness (QED) is 0.472. The van der Waals surface area contributed by atoms with E-state index in [4.69, 9.17) is 10.6 Å². The smallest absolute Gasteiger partial charge is 0.340 e. The summed E-state index contributed by atoms with van der Waals surface area (Å²) in [6.07, 6.45) is -2.61. The molecule has 0 aromatic heterocycles. The van der Waals surface area contributed by atoms with Crippen molar-refractivity contribution in [2.75, 3.05) is 12.0 Å². The van der Waals surface area contributed by atoms with Crippen molar-refractivity contribution in [2.24, 2.45) is 5.84 Å². The van der Waals surface area contributed by atoms with E-state index in [9.17, 15) is 13.6 Å². The number of nitrogen functional groups attached to an aromatic ring is 1. The SMILES string of the molecule is CCOC(=O)c1ccc(C(F)F)cc1NN. The number of benzene rings is 1. The Morgan fingerprint density at radius 3 is 2.75 bits per heavy atom. The van der Waals surface area contributed by atoms with E-state index < -0.39 is 12.4 Å². The Bertz CT molecular complexity index is 383. The molecule has 1 aromatic rings. The Morgan fingerprint density at radius 2 is 2.25 bits per heavy atom. The zero-order chi connectivity index (χ0) is 12.1. The standard InChI is InChI=1S/C10H12F2N2O2/c1-2-16-10(15)7-4-3-6(9(11)12)5-8(7)14-13/h3-5,9,14H,2,13H2,1H3. The lowest BCUT2D eigenvalue weighted by Gasteiger charge is -2.09. The van der Waals surface area contributed by atoms with Crippen LogP contribution in [0.3, 0.4) is 0 Å². The lowest BCUT2D eigenvalue weighted by Crippen LogP contribution is -2.14. The first kappa shape index (κ1) is 12.4. The minimum atomic E-state index is -2.61. The average Bonchev–Trinajstić information content (AvgIpc) is 2.28. The number of hydrogen-bond donors (Lipinski definition) is 2. The van der Waals surface area contributed by atoms with E-state index in [2.05, 4.69) is 5.43 Å². The van der Waals surface area contributed by atoms with Crippen LogP contribution in [0.1, 0.15) is 29.3 Å². The van der Waals surface area contributed by atoms with Gasteiger partial charge in [-0.25, -0.2) is 13.6 Å². The first-order valence-corrected chi connectivity index (χ1v) is 4.66. The maximum atomic E-state index is 12.4. The van der Waals surface area contributed by atoms with Gasteiger partial charge in [-0.15, -0.1) is 0 Å². The molecule has 1 aromatic carbocycles. The number of anilines is 1. The second-order valence-electron chi connectivity index (χ2n) is 2.97. The van der Waals surface area contributed by atoms with Crippen molar-refractivity contribution in [2.45, 2.75) is 13.3 Å². The molecule has 88 valence electrons. The van der Waals surface area contributed by atoms with Crippen molar-refractivity contribution in [1.82, 2.24) is 0 Å². The van der Waals surface area contributed by atoms with Crippen molar-refractivity contribution in [3.63, 3.8) is 0 Å². The summed E-state index contributed by atoms with van der Waals surface area (Å²) in [5, 5.41) is 0. The molecule has 3 N–H and O–H groups in total. The second kappa shape index (κ2) is 5.41. The third-order valence-electron chi connectivity index (χ3n) is 1.95. The molecule has 0 atom stereocenters. The third-order valence-corrected chi connectivity index (χ3v) is 1.95. The first-order valence-electron chi connectivity index (χ1n) is 4.66. The number of esters is 1. The number of rotatable bonds is 4. The van der Waals surface area contributed by atoms with Gasteiger partial charge in [0.05, 0.1) is 17.9 Å². The van der Waals surface area contributed by atoms with Crippen molar-refractivity contribution in [3.05, 3.63) is 29.3 Å². The van der Waals surface area contributed by atoms with Gasteiger partial charge in [0, 0.05) is 5.56 Å². The Kier molecular flexibility index (Phi) is 4.19. The molecule has 0 aliphatic heterocycles. The summed E-state index contributed by atoms with van der Waals surface area (Å²) < 4.78 is 29.5. The minimum absolute atomic E-state index is 0.122. The first-order chi connectivity index (χ1) is 7.60. The van der Waals surface area contributed by atoms with Crippen LogP contribution in [0.4, 0.5) is 14.5 Å². The van der Waals surface area contributed by atoms with E-state index in [0.29, 0.717) is 0 Å². The number of hydrazine groups is 1. The minimum Gasteiger partial charge on any atom is -0.462 e. The predicted octanol–water partition coefficient (Wildman–Crippen LogP) is 2.09. The maximum Gasteiger partial charge on any atom is 0.340 e. The van der Waals surface area contributed by atoms with Crippen molar-refractivity contribution in [3.8, 4) is 0 Å². The van der Waals surface area contributed by atoms with Gasteiger partial charge in [-0.1, -0.05) is 6.07 Å². The van der Waals surface area contributed by atoms with E-state index in [1.54, 1.807) is 6.92 Å².